The fraction of sp³-hybridized carbons (Fsp3) is 0.348. The standard InChI is InChI=1S/C23H27FN4O2/c1-15(2)28-21(29)26-20(25-19-12-8-17(9-13-19)23(3,4)5)27(22(28)30)14-16-6-10-18(24)11-7-16/h6-13,15H,14H2,1-5H3,(H,25,26,29). The van der Waals surface area contributed by atoms with Crippen LogP contribution < -0.4 is 16.7 Å². The second-order valence-corrected chi connectivity index (χ2v) is 8.63. The average molecular weight is 410 g/mol. The number of benzene rings is 2. The summed E-state index contributed by atoms with van der Waals surface area (Å²) in [5.41, 5.74) is 1.53. The van der Waals surface area contributed by atoms with Crippen molar-refractivity contribution in [2.75, 3.05) is 5.32 Å². The maximum atomic E-state index is 13.3. The number of anilines is 2. The van der Waals surface area contributed by atoms with Gasteiger partial charge in [0, 0.05) is 11.7 Å². The average Bonchev–Trinajstić information content (AvgIpc) is 2.65. The maximum absolute atomic E-state index is 13.3. The van der Waals surface area contributed by atoms with Gasteiger partial charge in [-0.2, -0.15) is 4.98 Å². The summed E-state index contributed by atoms with van der Waals surface area (Å²) in [6.45, 7) is 10.0. The number of aromatic nitrogens is 3. The summed E-state index contributed by atoms with van der Waals surface area (Å²) in [4.78, 5) is 29.7. The van der Waals surface area contributed by atoms with Crippen LogP contribution >= 0.6 is 0 Å². The first-order valence-corrected chi connectivity index (χ1v) is 9.91. The van der Waals surface area contributed by atoms with Gasteiger partial charge in [0.25, 0.3) is 0 Å². The molecule has 0 bridgehead atoms. The van der Waals surface area contributed by atoms with Crippen molar-refractivity contribution in [3.8, 4) is 0 Å². The van der Waals surface area contributed by atoms with E-state index in [0.717, 1.165) is 10.1 Å². The highest BCUT2D eigenvalue weighted by atomic mass is 19.1. The van der Waals surface area contributed by atoms with E-state index < -0.39 is 11.4 Å². The fourth-order valence-electron chi connectivity index (χ4n) is 3.14. The number of hydrogen-bond acceptors (Lipinski definition) is 4. The number of nitrogens with zero attached hydrogens (tertiary/aromatic N) is 3. The summed E-state index contributed by atoms with van der Waals surface area (Å²) in [7, 11) is 0. The molecule has 3 aromatic rings. The van der Waals surface area contributed by atoms with Gasteiger partial charge in [-0.05, 0) is 54.7 Å². The molecule has 7 heteroatoms. The zero-order valence-electron chi connectivity index (χ0n) is 17.9. The van der Waals surface area contributed by atoms with Crippen LogP contribution in [-0.4, -0.2) is 14.1 Å². The van der Waals surface area contributed by atoms with Crippen molar-refractivity contribution in [1.29, 1.82) is 0 Å². The van der Waals surface area contributed by atoms with Gasteiger partial charge in [0.1, 0.15) is 5.82 Å². The highest BCUT2D eigenvalue weighted by Gasteiger charge is 2.17. The van der Waals surface area contributed by atoms with Crippen LogP contribution in [0.25, 0.3) is 0 Å². The second kappa shape index (κ2) is 8.26. The number of rotatable bonds is 5. The van der Waals surface area contributed by atoms with E-state index in [1.54, 1.807) is 26.0 Å². The van der Waals surface area contributed by atoms with Gasteiger partial charge >= 0.3 is 11.4 Å². The SMILES string of the molecule is CC(C)n1c(=O)nc(Nc2ccc(C(C)(C)C)cc2)n(Cc2ccc(F)cc2)c1=O. The molecule has 6 nitrogen and oxygen atoms in total. The molecule has 0 aliphatic carbocycles. The molecule has 0 saturated heterocycles. The van der Waals surface area contributed by atoms with E-state index in [1.165, 1.54) is 22.3 Å². The van der Waals surface area contributed by atoms with Crippen molar-refractivity contribution in [3.05, 3.63) is 86.4 Å². The van der Waals surface area contributed by atoms with E-state index in [0.29, 0.717) is 5.69 Å². The Balaban J connectivity index is 2.05. The third-order valence-corrected chi connectivity index (χ3v) is 4.88. The largest absolute Gasteiger partial charge is 0.355 e. The predicted octanol–water partition coefficient (Wildman–Crippen LogP) is 4.21. The Morgan fingerprint density at radius 3 is 2.13 bits per heavy atom. The number of nitrogens with one attached hydrogen (secondary N) is 1. The lowest BCUT2D eigenvalue weighted by Crippen LogP contribution is -2.43. The highest BCUT2D eigenvalue weighted by Crippen LogP contribution is 2.24. The first-order chi connectivity index (χ1) is 14.1. The third-order valence-electron chi connectivity index (χ3n) is 4.88. The van der Waals surface area contributed by atoms with Gasteiger partial charge in [-0.25, -0.2) is 18.5 Å². The number of hydrogen-bond donors (Lipinski definition) is 1. The molecule has 30 heavy (non-hydrogen) atoms. The summed E-state index contributed by atoms with van der Waals surface area (Å²) in [6.07, 6.45) is 0. The Kier molecular flexibility index (Phi) is 5.92. The van der Waals surface area contributed by atoms with Crippen molar-refractivity contribution in [3.63, 3.8) is 0 Å². The van der Waals surface area contributed by atoms with E-state index in [4.69, 9.17) is 0 Å². The van der Waals surface area contributed by atoms with Gasteiger partial charge in [-0.15, -0.1) is 0 Å². The Labute approximate surface area is 175 Å². The molecule has 158 valence electrons. The molecule has 0 saturated carbocycles. The maximum Gasteiger partial charge on any atom is 0.355 e. The molecule has 0 radical (unpaired) electrons. The second-order valence-electron chi connectivity index (χ2n) is 8.63. The molecule has 0 amide bonds. The molecule has 1 heterocycles. The molecule has 0 fully saturated rings. The highest BCUT2D eigenvalue weighted by molar-refractivity contribution is 5.54. The smallest absolute Gasteiger partial charge is 0.325 e. The van der Waals surface area contributed by atoms with Gasteiger partial charge in [0.2, 0.25) is 5.95 Å². The van der Waals surface area contributed by atoms with Crippen molar-refractivity contribution >= 4 is 11.6 Å². The van der Waals surface area contributed by atoms with Gasteiger partial charge < -0.3 is 5.32 Å². The molecule has 1 aromatic heterocycles. The van der Waals surface area contributed by atoms with Crippen molar-refractivity contribution in [1.82, 2.24) is 14.1 Å². The van der Waals surface area contributed by atoms with Crippen molar-refractivity contribution in [2.45, 2.75) is 52.6 Å². The Morgan fingerprint density at radius 1 is 1.00 bits per heavy atom. The summed E-state index contributed by atoms with van der Waals surface area (Å²) >= 11 is 0. The molecular formula is C23H27FN4O2. The lowest BCUT2D eigenvalue weighted by Gasteiger charge is -2.20. The molecule has 0 atom stereocenters. The van der Waals surface area contributed by atoms with Gasteiger partial charge in [-0.1, -0.05) is 45.0 Å². The predicted molar refractivity (Wildman–Crippen MR) is 117 cm³/mol. The summed E-state index contributed by atoms with van der Waals surface area (Å²) in [5.74, 6) is -0.205. The minimum atomic E-state index is -0.612. The lowest BCUT2D eigenvalue weighted by atomic mass is 9.87. The Hall–Kier alpha value is -3.22. The van der Waals surface area contributed by atoms with Crippen LogP contribution in [0.1, 0.15) is 51.8 Å². The van der Waals surface area contributed by atoms with Gasteiger partial charge in [0.05, 0.1) is 6.54 Å². The van der Waals surface area contributed by atoms with Crippen LogP contribution in [-0.2, 0) is 12.0 Å². The van der Waals surface area contributed by atoms with Crippen LogP contribution in [0.5, 0.6) is 0 Å². The van der Waals surface area contributed by atoms with Gasteiger partial charge in [0.15, 0.2) is 0 Å². The number of halogens is 1. The minimum Gasteiger partial charge on any atom is -0.325 e. The van der Waals surface area contributed by atoms with Crippen molar-refractivity contribution < 1.29 is 4.39 Å². The molecule has 2 aromatic carbocycles. The van der Waals surface area contributed by atoms with E-state index in [9.17, 15) is 14.0 Å². The van der Waals surface area contributed by atoms with Crippen LogP contribution in [0.3, 0.4) is 0 Å². The first kappa shape index (κ1) is 21.5. The van der Waals surface area contributed by atoms with Gasteiger partial charge in [-0.3, -0.25) is 4.57 Å². The first-order valence-electron chi connectivity index (χ1n) is 9.91. The molecule has 1 N–H and O–H groups in total. The fourth-order valence-corrected chi connectivity index (χ4v) is 3.14. The van der Waals surface area contributed by atoms with Crippen LogP contribution in [0.15, 0.2) is 58.1 Å². The molecule has 3 rings (SSSR count). The molecule has 0 aliphatic rings. The van der Waals surface area contributed by atoms with Crippen LogP contribution in [0.4, 0.5) is 16.0 Å². The molecule has 0 unspecified atom stereocenters. The quantitative estimate of drug-likeness (QED) is 0.684. The van der Waals surface area contributed by atoms with Crippen LogP contribution in [0, 0.1) is 5.82 Å². The monoisotopic (exact) mass is 410 g/mol. The van der Waals surface area contributed by atoms with E-state index >= 15 is 0 Å². The Bertz CT molecular complexity index is 1140. The molecule has 0 spiro atoms. The zero-order chi connectivity index (χ0) is 22.1. The zero-order valence-corrected chi connectivity index (χ0v) is 17.9. The summed E-state index contributed by atoms with van der Waals surface area (Å²) in [6, 6.07) is 13.3. The molecular weight excluding hydrogens is 383 g/mol. The van der Waals surface area contributed by atoms with Crippen LogP contribution in [0.2, 0.25) is 0 Å². The van der Waals surface area contributed by atoms with E-state index in [2.05, 4.69) is 31.1 Å². The molecule has 0 aliphatic heterocycles. The summed E-state index contributed by atoms with van der Waals surface area (Å²) in [5, 5.41) is 3.10. The minimum absolute atomic E-state index is 0.0131. The van der Waals surface area contributed by atoms with E-state index in [-0.39, 0.29) is 29.8 Å². The third kappa shape index (κ3) is 4.67. The van der Waals surface area contributed by atoms with Crippen molar-refractivity contribution in [2.24, 2.45) is 0 Å². The van der Waals surface area contributed by atoms with E-state index in [1.807, 2.05) is 24.3 Å². The topological polar surface area (TPSA) is 68.9 Å². The normalized spacial score (nSPS) is 11.7. The summed E-state index contributed by atoms with van der Waals surface area (Å²) < 4.78 is 15.8. The Morgan fingerprint density at radius 2 is 1.60 bits per heavy atom. The lowest BCUT2D eigenvalue weighted by molar-refractivity contribution is 0.497.